The van der Waals surface area contributed by atoms with Gasteiger partial charge < -0.3 is 20.9 Å². The summed E-state index contributed by atoms with van der Waals surface area (Å²) in [6, 6.07) is 7.45. The van der Waals surface area contributed by atoms with E-state index in [0.717, 1.165) is 24.7 Å². The van der Waals surface area contributed by atoms with Gasteiger partial charge in [0.15, 0.2) is 0 Å². The highest BCUT2D eigenvalue weighted by Crippen LogP contribution is 2.37. The first-order chi connectivity index (χ1) is 18.4. The minimum atomic E-state index is -4.60. The van der Waals surface area contributed by atoms with E-state index in [1.54, 1.807) is 30.6 Å². The zero-order valence-electron chi connectivity index (χ0n) is 22.0. The molecule has 39 heavy (non-hydrogen) atoms. The number of hydrogen-bond donors (Lipinski definition) is 3. The molecule has 1 saturated heterocycles. The molecule has 1 fully saturated rings. The molecule has 0 unspecified atom stereocenters. The normalized spacial score (nSPS) is 14.8. The number of hydrogen-bond acceptors (Lipinski definition) is 8. The predicted octanol–water partition coefficient (Wildman–Crippen LogP) is 3.75. The molecular formula is C27H31F3N8O. The quantitative estimate of drug-likeness (QED) is 0.320. The average Bonchev–Trinajstić information content (AvgIpc) is 2.90. The van der Waals surface area contributed by atoms with E-state index in [-0.39, 0.29) is 11.1 Å². The molecule has 2 aromatic carbocycles. The van der Waals surface area contributed by atoms with Gasteiger partial charge in [-0.3, -0.25) is 9.80 Å². The summed E-state index contributed by atoms with van der Waals surface area (Å²) in [5.74, 6) is 5.57. The van der Waals surface area contributed by atoms with Gasteiger partial charge in [0.2, 0.25) is 0 Å². The molecule has 9 nitrogen and oxygen atoms in total. The van der Waals surface area contributed by atoms with Crippen LogP contribution in [0.15, 0.2) is 55.3 Å². The van der Waals surface area contributed by atoms with Crippen LogP contribution in [-0.4, -0.2) is 54.0 Å². The first kappa shape index (κ1) is 27.9. The molecule has 4 rings (SSSR count). The van der Waals surface area contributed by atoms with Crippen LogP contribution in [0.2, 0.25) is 0 Å². The zero-order chi connectivity index (χ0) is 28.3. The SMILES string of the molecule is Cc1ccc(NC(=O)c2cc(N3CCN(C)CC3)c(C)c(C(F)(F)F)c2)cc1N(N)/C=C(\N)c1cncnc1. The highest BCUT2D eigenvalue weighted by Gasteiger charge is 2.35. The number of carbonyl (C=O) groups is 1. The van der Waals surface area contributed by atoms with Gasteiger partial charge in [0.1, 0.15) is 6.33 Å². The summed E-state index contributed by atoms with van der Waals surface area (Å²) in [4.78, 5) is 25.1. The molecule has 2 heterocycles. The third-order valence-electron chi connectivity index (χ3n) is 6.71. The molecule has 206 valence electrons. The number of rotatable bonds is 6. The Morgan fingerprint density at radius 1 is 1.05 bits per heavy atom. The van der Waals surface area contributed by atoms with Gasteiger partial charge in [-0.25, -0.2) is 15.8 Å². The van der Waals surface area contributed by atoms with Crippen LogP contribution in [0.5, 0.6) is 0 Å². The number of carbonyl (C=O) groups excluding carboxylic acids is 1. The first-order valence-electron chi connectivity index (χ1n) is 12.3. The van der Waals surface area contributed by atoms with Crippen molar-refractivity contribution in [2.24, 2.45) is 11.6 Å². The van der Waals surface area contributed by atoms with Gasteiger partial charge in [-0.1, -0.05) is 6.07 Å². The Hall–Kier alpha value is -4.16. The lowest BCUT2D eigenvalue weighted by Crippen LogP contribution is -2.45. The maximum absolute atomic E-state index is 13.9. The Morgan fingerprint density at radius 3 is 2.36 bits per heavy atom. The van der Waals surface area contributed by atoms with Crippen LogP contribution in [0, 0.1) is 13.8 Å². The molecule has 1 amide bonds. The minimum absolute atomic E-state index is 0.0817. The zero-order valence-corrected chi connectivity index (χ0v) is 22.0. The number of nitrogens with one attached hydrogen (secondary N) is 1. The lowest BCUT2D eigenvalue weighted by atomic mass is 10.00. The summed E-state index contributed by atoms with van der Waals surface area (Å²) in [5, 5.41) is 4.01. The van der Waals surface area contributed by atoms with Gasteiger partial charge in [-0.15, -0.1) is 0 Å². The molecule has 0 atom stereocenters. The number of anilines is 3. The Kier molecular flexibility index (Phi) is 8.07. The number of hydrazine groups is 1. The van der Waals surface area contributed by atoms with Crippen LogP contribution in [-0.2, 0) is 6.18 Å². The van der Waals surface area contributed by atoms with E-state index in [1.165, 1.54) is 30.5 Å². The van der Waals surface area contributed by atoms with Crippen LogP contribution in [0.4, 0.5) is 30.2 Å². The molecule has 0 saturated carbocycles. The fourth-order valence-electron chi connectivity index (χ4n) is 4.41. The van der Waals surface area contributed by atoms with Crippen LogP contribution in [0.3, 0.4) is 0 Å². The van der Waals surface area contributed by atoms with Gasteiger partial charge in [-0.2, -0.15) is 13.2 Å². The van der Waals surface area contributed by atoms with E-state index < -0.39 is 17.6 Å². The second-order valence-electron chi connectivity index (χ2n) is 9.53. The Labute approximate surface area is 224 Å². The third-order valence-corrected chi connectivity index (χ3v) is 6.71. The van der Waals surface area contributed by atoms with Crippen molar-refractivity contribution in [2.75, 3.05) is 48.5 Å². The Morgan fingerprint density at radius 2 is 1.72 bits per heavy atom. The molecule has 0 aliphatic carbocycles. The van der Waals surface area contributed by atoms with Crippen LogP contribution < -0.4 is 26.8 Å². The average molecular weight is 541 g/mol. The van der Waals surface area contributed by atoms with Crippen molar-refractivity contribution in [1.29, 1.82) is 0 Å². The lowest BCUT2D eigenvalue weighted by molar-refractivity contribution is -0.138. The van der Waals surface area contributed by atoms with E-state index in [1.807, 2.05) is 18.9 Å². The van der Waals surface area contributed by atoms with Crippen LogP contribution >= 0.6 is 0 Å². The number of aromatic nitrogens is 2. The number of nitrogens with two attached hydrogens (primary N) is 2. The third kappa shape index (κ3) is 6.47. The monoisotopic (exact) mass is 540 g/mol. The van der Waals surface area contributed by atoms with Crippen molar-refractivity contribution in [3.05, 3.63) is 83.1 Å². The van der Waals surface area contributed by atoms with Crippen molar-refractivity contribution in [2.45, 2.75) is 20.0 Å². The van der Waals surface area contributed by atoms with Crippen molar-refractivity contribution in [3.63, 3.8) is 0 Å². The highest BCUT2D eigenvalue weighted by atomic mass is 19.4. The van der Waals surface area contributed by atoms with E-state index in [4.69, 9.17) is 11.6 Å². The maximum Gasteiger partial charge on any atom is 0.416 e. The van der Waals surface area contributed by atoms with Gasteiger partial charge in [-0.05, 0) is 56.3 Å². The largest absolute Gasteiger partial charge is 0.416 e. The van der Waals surface area contributed by atoms with Crippen molar-refractivity contribution >= 4 is 28.7 Å². The Bertz CT molecular complexity index is 1370. The van der Waals surface area contributed by atoms with Gasteiger partial charge >= 0.3 is 6.18 Å². The highest BCUT2D eigenvalue weighted by molar-refractivity contribution is 6.05. The predicted molar refractivity (Wildman–Crippen MR) is 146 cm³/mol. The number of benzene rings is 2. The summed E-state index contributed by atoms with van der Waals surface area (Å²) in [6.45, 7) is 5.85. The molecule has 0 radical (unpaired) electrons. The number of nitrogens with zero attached hydrogens (tertiary/aromatic N) is 5. The number of halogens is 3. The number of alkyl halides is 3. The molecular weight excluding hydrogens is 509 g/mol. The smallest absolute Gasteiger partial charge is 0.397 e. The summed E-state index contributed by atoms with van der Waals surface area (Å²) in [6.07, 6.45) is 1.36. The molecule has 0 bridgehead atoms. The van der Waals surface area contributed by atoms with Crippen LogP contribution in [0.1, 0.15) is 32.6 Å². The second kappa shape index (κ2) is 11.3. The fraction of sp³-hybridized carbons (Fsp3) is 0.296. The summed E-state index contributed by atoms with van der Waals surface area (Å²) in [7, 11) is 1.97. The minimum Gasteiger partial charge on any atom is -0.397 e. The first-order valence-corrected chi connectivity index (χ1v) is 12.3. The van der Waals surface area contributed by atoms with Crippen molar-refractivity contribution < 1.29 is 18.0 Å². The molecule has 5 N–H and O–H groups in total. The van der Waals surface area contributed by atoms with Crippen molar-refractivity contribution in [1.82, 2.24) is 14.9 Å². The molecule has 1 aliphatic rings. The van der Waals surface area contributed by atoms with Gasteiger partial charge in [0.25, 0.3) is 5.91 Å². The Balaban J connectivity index is 1.62. The van der Waals surface area contributed by atoms with E-state index in [0.29, 0.717) is 41.4 Å². The summed E-state index contributed by atoms with van der Waals surface area (Å²) in [5.41, 5.74) is 8.30. The number of aryl methyl sites for hydroxylation is 1. The van der Waals surface area contributed by atoms with E-state index >= 15 is 0 Å². The topological polar surface area (TPSA) is 117 Å². The number of likely N-dealkylation sites (N-methyl/N-ethyl adjacent to an activating group) is 1. The molecule has 12 heteroatoms. The van der Waals surface area contributed by atoms with E-state index in [9.17, 15) is 18.0 Å². The number of piperazine rings is 1. The molecule has 1 aliphatic heterocycles. The van der Waals surface area contributed by atoms with Crippen molar-refractivity contribution in [3.8, 4) is 0 Å². The van der Waals surface area contributed by atoms with E-state index in [2.05, 4.69) is 20.2 Å². The maximum atomic E-state index is 13.9. The lowest BCUT2D eigenvalue weighted by Gasteiger charge is -2.35. The fourth-order valence-corrected chi connectivity index (χ4v) is 4.41. The molecule has 1 aromatic heterocycles. The molecule has 3 aromatic rings. The number of amides is 1. The van der Waals surface area contributed by atoms with Crippen LogP contribution in [0.25, 0.3) is 5.70 Å². The summed E-state index contributed by atoms with van der Waals surface area (Å²) >= 11 is 0. The molecule has 0 spiro atoms. The van der Waals surface area contributed by atoms with Gasteiger partial charge in [0, 0.05) is 67.3 Å². The standard InChI is InChI=1S/C27H31F3N8O/c1-17-4-5-21(12-24(17)38(32)15-23(31)20-13-33-16-34-14-20)35-26(39)19-10-22(27(28,29)30)18(2)25(11-19)37-8-6-36(3)7-9-37/h4-5,10-16H,6-9,31-32H2,1-3H3,(H,35,39)/b23-15-. The van der Waals surface area contributed by atoms with Gasteiger partial charge in [0.05, 0.1) is 16.9 Å². The summed E-state index contributed by atoms with van der Waals surface area (Å²) < 4.78 is 41.8. The second-order valence-corrected chi connectivity index (χ2v) is 9.53.